The van der Waals surface area contributed by atoms with Crippen molar-refractivity contribution in [2.24, 2.45) is 5.92 Å². The van der Waals surface area contributed by atoms with E-state index in [1.807, 2.05) is 6.92 Å². The van der Waals surface area contributed by atoms with Gasteiger partial charge < -0.3 is 5.32 Å². The zero-order chi connectivity index (χ0) is 25.7. The van der Waals surface area contributed by atoms with E-state index < -0.39 is 33.1 Å². The SMILES string of the molecule is Cc1nc(C(C)NC(=O)C2CC2(C)c2ccc(C(C)(C)C(F)(F)F)cc2)ccc1NS(C)(=O)=O. The second kappa shape index (κ2) is 8.55. The first-order valence-electron chi connectivity index (χ1n) is 10.9. The molecule has 1 aliphatic rings. The van der Waals surface area contributed by atoms with Crippen molar-refractivity contribution in [3.05, 3.63) is 58.9 Å². The Morgan fingerprint density at radius 2 is 1.74 bits per heavy atom. The van der Waals surface area contributed by atoms with Gasteiger partial charge in [-0.3, -0.25) is 14.5 Å². The molecule has 34 heavy (non-hydrogen) atoms. The molecule has 1 aromatic heterocycles. The summed E-state index contributed by atoms with van der Waals surface area (Å²) in [5.74, 6) is -0.462. The molecule has 0 saturated heterocycles. The second-order valence-electron chi connectivity index (χ2n) is 9.85. The molecule has 1 saturated carbocycles. The van der Waals surface area contributed by atoms with Crippen molar-refractivity contribution in [3.63, 3.8) is 0 Å². The third-order valence-electron chi connectivity index (χ3n) is 6.73. The van der Waals surface area contributed by atoms with E-state index in [-0.39, 0.29) is 17.4 Å². The number of aromatic nitrogens is 1. The summed E-state index contributed by atoms with van der Waals surface area (Å²) in [6, 6.07) is 9.19. The van der Waals surface area contributed by atoms with Gasteiger partial charge in [-0.05, 0) is 57.4 Å². The Hall–Kier alpha value is -2.62. The smallest absolute Gasteiger partial charge is 0.348 e. The van der Waals surface area contributed by atoms with Crippen LogP contribution in [0.25, 0.3) is 0 Å². The van der Waals surface area contributed by atoms with Crippen LogP contribution < -0.4 is 10.0 Å². The van der Waals surface area contributed by atoms with Crippen LogP contribution in [0.1, 0.15) is 62.7 Å². The number of hydrogen-bond acceptors (Lipinski definition) is 4. The number of nitrogens with one attached hydrogen (secondary N) is 2. The van der Waals surface area contributed by atoms with Gasteiger partial charge in [0, 0.05) is 11.3 Å². The zero-order valence-electron chi connectivity index (χ0n) is 20.0. The third kappa shape index (κ3) is 5.21. The summed E-state index contributed by atoms with van der Waals surface area (Å²) in [6.07, 6.45) is -2.71. The van der Waals surface area contributed by atoms with Crippen molar-refractivity contribution in [2.45, 2.75) is 64.1 Å². The van der Waals surface area contributed by atoms with Crippen molar-refractivity contribution in [2.75, 3.05) is 11.0 Å². The highest BCUT2D eigenvalue weighted by Crippen LogP contribution is 2.54. The molecular formula is C24H30F3N3O3S. The number of amides is 1. The molecule has 1 aliphatic carbocycles. The molecule has 0 bridgehead atoms. The highest BCUT2D eigenvalue weighted by Gasteiger charge is 2.56. The standard InChI is InChI=1S/C24H30F3N3O3S/c1-14(19-11-12-20(15(2)28-19)30-34(6,32)33)29-21(31)18-13-23(18,5)17-9-7-16(8-10-17)22(3,4)24(25,26)27/h7-12,14,18,30H,13H2,1-6H3,(H,29,31). The number of pyridine rings is 1. The van der Waals surface area contributed by atoms with E-state index in [2.05, 4.69) is 15.0 Å². The fraction of sp³-hybridized carbons (Fsp3) is 0.500. The van der Waals surface area contributed by atoms with E-state index in [1.54, 1.807) is 38.1 Å². The number of carbonyl (C=O) groups is 1. The van der Waals surface area contributed by atoms with Gasteiger partial charge in [0.25, 0.3) is 0 Å². The van der Waals surface area contributed by atoms with Crippen LogP contribution in [0.5, 0.6) is 0 Å². The minimum absolute atomic E-state index is 0.160. The third-order valence-corrected chi connectivity index (χ3v) is 7.32. The van der Waals surface area contributed by atoms with Crippen LogP contribution in [-0.2, 0) is 25.6 Å². The minimum atomic E-state index is -4.36. The van der Waals surface area contributed by atoms with Crippen LogP contribution in [-0.4, -0.2) is 31.7 Å². The van der Waals surface area contributed by atoms with Gasteiger partial charge in [-0.25, -0.2) is 8.42 Å². The molecule has 3 unspecified atom stereocenters. The average Bonchev–Trinajstić information content (AvgIpc) is 3.41. The molecule has 10 heteroatoms. The van der Waals surface area contributed by atoms with Crippen LogP contribution in [0, 0.1) is 12.8 Å². The van der Waals surface area contributed by atoms with Gasteiger partial charge in [0.1, 0.15) is 0 Å². The van der Waals surface area contributed by atoms with Crippen LogP contribution in [0.4, 0.5) is 18.9 Å². The van der Waals surface area contributed by atoms with Gasteiger partial charge in [0.05, 0.1) is 34.8 Å². The number of aryl methyl sites for hydroxylation is 1. The van der Waals surface area contributed by atoms with E-state index in [0.717, 1.165) is 25.7 Å². The number of halogens is 3. The van der Waals surface area contributed by atoms with E-state index in [4.69, 9.17) is 0 Å². The van der Waals surface area contributed by atoms with Crippen LogP contribution in [0.3, 0.4) is 0 Å². The Balaban J connectivity index is 1.68. The zero-order valence-corrected chi connectivity index (χ0v) is 20.9. The maximum absolute atomic E-state index is 13.3. The molecule has 2 N–H and O–H groups in total. The van der Waals surface area contributed by atoms with Crippen LogP contribution >= 0.6 is 0 Å². The number of carbonyl (C=O) groups excluding carboxylic acids is 1. The number of alkyl halides is 3. The molecule has 1 fully saturated rings. The Morgan fingerprint density at radius 3 is 2.24 bits per heavy atom. The first kappa shape index (κ1) is 26.0. The van der Waals surface area contributed by atoms with Crippen molar-refractivity contribution >= 4 is 21.6 Å². The van der Waals surface area contributed by atoms with E-state index in [1.165, 1.54) is 12.1 Å². The lowest BCUT2D eigenvalue weighted by Crippen LogP contribution is -2.36. The summed E-state index contributed by atoms with van der Waals surface area (Å²) < 4.78 is 65.3. The summed E-state index contributed by atoms with van der Waals surface area (Å²) in [4.78, 5) is 17.3. The Kier molecular flexibility index (Phi) is 6.54. The van der Waals surface area contributed by atoms with Crippen molar-refractivity contribution in [3.8, 4) is 0 Å². The normalized spacial score (nSPS) is 21.6. The van der Waals surface area contributed by atoms with Crippen LogP contribution in [0.2, 0.25) is 0 Å². The van der Waals surface area contributed by atoms with Gasteiger partial charge in [-0.2, -0.15) is 13.2 Å². The topological polar surface area (TPSA) is 88.2 Å². The van der Waals surface area contributed by atoms with Gasteiger partial charge in [-0.1, -0.05) is 31.2 Å². The largest absolute Gasteiger partial charge is 0.397 e. The molecule has 0 spiro atoms. The first-order chi connectivity index (χ1) is 15.5. The predicted octanol–water partition coefficient (Wildman–Crippen LogP) is 4.76. The van der Waals surface area contributed by atoms with Crippen molar-refractivity contribution in [1.29, 1.82) is 0 Å². The number of benzene rings is 1. The number of nitrogens with zero attached hydrogens (tertiary/aromatic N) is 1. The maximum atomic E-state index is 13.3. The molecule has 3 rings (SSSR count). The summed E-state index contributed by atoms with van der Waals surface area (Å²) in [5, 5.41) is 2.94. The quantitative estimate of drug-likeness (QED) is 0.578. The summed E-state index contributed by atoms with van der Waals surface area (Å²) in [7, 11) is -3.43. The number of anilines is 1. The van der Waals surface area contributed by atoms with E-state index in [0.29, 0.717) is 23.5 Å². The highest BCUT2D eigenvalue weighted by molar-refractivity contribution is 7.92. The first-order valence-corrected chi connectivity index (χ1v) is 12.8. The molecule has 0 aliphatic heterocycles. The fourth-order valence-electron chi connectivity index (χ4n) is 4.01. The number of rotatable bonds is 7. The molecular weight excluding hydrogens is 467 g/mol. The summed E-state index contributed by atoms with van der Waals surface area (Å²) in [5.41, 5.74) is 0.0479. The van der Waals surface area contributed by atoms with Crippen molar-refractivity contribution in [1.82, 2.24) is 10.3 Å². The lowest BCUT2D eigenvalue weighted by molar-refractivity contribution is -0.180. The molecule has 3 atom stereocenters. The van der Waals surface area contributed by atoms with Gasteiger partial charge >= 0.3 is 6.18 Å². The molecule has 0 radical (unpaired) electrons. The highest BCUT2D eigenvalue weighted by atomic mass is 32.2. The lowest BCUT2D eigenvalue weighted by atomic mass is 9.82. The molecule has 6 nitrogen and oxygen atoms in total. The molecule has 2 aromatic rings. The number of sulfonamides is 1. The predicted molar refractivity (Wildman–Crippen MR) is 125 cm³/mol. The summed E-state index contributed by atoms with van der Waals surface area (Å²) in [6.45, 7) is 7.69. The Morgan fingerprint density at radius 1 is 1.15 bits per heavy atom. The minimum Gasteiger partial charge on any atom is -0.348 e. The van der Waals surface area contributed by atoms with E-state index in [9.17, 15) is 26.4 Å². The average molecular weight is 498 g/mol. The Bertz CT molecular complexity index is 1190. The van der Waals surface area contributed by atoms with Crippen LogP contribution in [0.15, 0.2) is 36.4 Å². The molecule has 1 heterocycles. The van der Waals surface area contributed by atoms with Gasteiger partial charge in [0.15, 0.2) is 0 Å². The Labute approximate surface area is 198 Å². The fourth-order valence-corrected chi connectivity index (χ4v) is 4.63. The second-order valence-corrected chi connectivity index (χ2v) is 11.6. The molecule has 186 valence electrons. The van der Waals surface area contributed by atoms with Gasteiger partial charge in [0.2, 0.25) is 15.9 Å². The monoisotopic (exact) mass is 497 g/mol. The van der Waals surface area contributed by atoms with E-state index >= 15 is 0 Å². The lowest BCUT2D eigenvalue weighted by Gasteiger charge is -2.28. The molecule has 1 aromatic carbocycles. The summed E-state index contributed by atoms with van der Waals surface area (Å²) >= 11 is 0. The molecule has 1 amide bonds. The maximum Gasteiger partial charge on any atom is 0.397 e. The van der Waals surface area contributed by atoms with Crippen molar-refractivity contribution < 1.29 is 26.4 Å². The number of hydrogen-bond donors (Lipinski definition) is 2. The van der Waals surface area contributed by atoms with Gasteiger partial charge in [-0.15, -0.1) is 0 Å².